The fraction of sp³-hybridized carbons (Fsp3) is 0.323. The summed E-state index contributed by atoms with van der Waals surface area (Å²) in [6.45, 7) is 2.57. The predicted molar refractivity (Wildman–Crippen MR) is 146 cm³/mol. The van der Waals surface area contributed by atoms with Crippen molar-refractivity contribution in [3.8, 4) is 0 Å². The Bertz CT molecular complexity index is 1140. The summed E-state index contributed by atoms with van der Waals surface area (Å²) in [5.41, 5.74) is 0.363. The first kappa shape index (κ1) is 27.5. The summed E-state index contributed by atoms with van der Waals surface area (Å²) in [5.74, 6) is -1.93. The Hall–Kier alpha value is -3.58. The van der Waals surface area contributed by atoms with Crippen LogP contribution in [0.5, 0.6) is 0 Å². The summed E-state index contributed by atoms with van der Waals surface area (Å²) in [6, 6.07) is 30.8. The smallest absolute Gasteiger partial charge is 0.326 e. The maximum Gasteiger partial charge on any atom is 0.326 e. The summed E-state index contributed by atoms with van der Waals surface area (Å²) in [6.07, 6.45) is 0.403. The number of hydrogen-bond acceptors (Lipinski definition) is 6. The minimum atomic E-state index is -1.66. The van der Waals surface area contributed by atoms with Gasteiger partial charge in [0.2, 0.25) is 6.79 Å². The highest BCUT2D eigenvalue weighted by Gasteiger charge is 2.55. The number of hydrogen-bond donors (Lipinski definition) is 1. The van der Waals surface area contributed by atoms with Gasteiger partial charge in [-0.15, -0.1) is 11.8 Å². The molecule has 0 radical (unpaired) electrons. The summed E-state index contributed by atoms with van der Waals surface area (Å²) in [5, 5.41) is 9.71. The van der Waals surface area contributed by atoms with E-state index < -0.39 is 40.3 Å². The number of carbonyl (C=O) groups excluding carboxylic acids is 2. The van der Waals surface area contributed by atoms with Gasteiger partial charge in [0, 0.05) is 0 Å². The molecule has 0 spiro atoms. The molecule has 4 rings (SSSR count). The highest BCUT2D eigenvalue weighted by molar-refractivity contribution is 8.00. The maximum absolute atomic E-state index is 13.0. The van der Waals surface area contributed by atoms with Crippen LogP contribution in [0, 0.1) is 10.8 Å². The van der Waals surface area contributed by atoms with E-state index in [2.05, 4.69) is 36.4 Å². The lowest BCUT2D eigenvalue weighted by Gasteiger charge is -2.38. The molecule has 0 bridgehead atoms. The number of carboxylic acid groups (broad SMARTS) is 1. The molecule has 0 saturated carbocycles. The third-order valence-corrected chi connectivity index (χ3v) is 8.72. The van der Waals surface area contributed by atoms with E-state index in [0.29, 0.717) is 12.2 Å². The molecule has 0 atom stereocenters. The van der Waals surface area contributed by atoms with Crippen molar-refractivity contribution in [2.75, 3.05) is 12.5 Å². The highest BCUT2D eigenvalue weighted by atomic mass is 32.2. The van der Waals surface area contributed by atoms with Gasteiger partial charge in [-0.05, 0) is 55.6 Å². The quantitative estimate of drug-likeness (QED) is 0.139. The Morgan fingerprint density at radius 3 is 1.63 bits per heavy atom. The van der Waals surface area contributed by atoms with Crippen molar-refractivity contribution in [2.45, 2.75) is 37.9 Å². The molecule has 1 N–H and O–H groups in total. The minimum Gasteiger partial charge on any atom is -0.481 e. The van der Waals surface area contributed by atoms with Crippen LogP contribution in [0.4, 0.5) is 0 Å². The molecule has 1 saturated heterocycles. The second-order valence-electron chi connectivity index (χ2n) is 10.2. The standard InChI is InChI=1S/C31H32O6S/c1-29(2,26(32)33)21-30(27(34)36-22-37-28(30)35)19-12-20-38-31(23-13-6-3-7-14-23,24-15-8-4-9-16-24)25-17-10-5-11-18-25/h3-11,13-18H,12,19-22H2,1-2H3,(H,32,33). The predicted octanol–water partition coefficient (Wildman–Crippen LogP) is 6.04. The first-order valence-corrected chi connectivity index (χ1v) is 13.6. The lowest BCUT2D eigenvalue weighted by molar-refractivity contribution is -0.205. The molecule has 3 aromatic carbocycles. The molecule has 1 aliphatic rings. The zero-order valence-electron chi connectivity index (χ0n) is 21.6. The summed E-state index contributed by atoms with van der Waals surface area (Å²) in [4.78, 5) is 37.8. The van der Waals surface area contributed by atoms with Crippen LogP contribution < -0.4 is 0 Å². The lowest BCUT2D eigenvalue weighted by Crippen LogP contribution is -2.50. The third kappa shape index (κ3) is 5.34. The van der Waals surface area contributed by atoms with Crippen LogP contribution in [0.15, 0.2) is 91.0 Å². The zero-order valence-corrected chi connectivity index (χ0v) is 22.4. The largest absolute Gasteiger partial charge is 0.481 e. The van der Waals surface area contributed by atoms with Crippen molar-refractivity contribution >= 4 is 29.7 Å². The molecule has 0 unspecified atom stereocenters. The first-order valence-electron chi connectivity index (χ1n) is 12.6. The van der Waals surface area contributed by atoms with E-state index >= 15 is 0 Å². The summed E-state index contributed by atoms with van der Waals surface area (Å²) in [7, 11) is 0. The van der Waals surface area contributed by atoms with Crippen molar-refractivity contribution in [2.24, 2.45) is 10.8 Å². The highest BCUT2D eigenvalue weighted by Crippen LogP contribution is 2.49. The number of carbonyl (C=O) groups is 3. The molecule has 6 nitrogen and oxygen atoms in total. The Morgan fingerprint density at radius 1 is 0.816 bits per heavy atom. The molecular weight excluding hydrogens is 500 g/mol. The van der Waals surface area contributed by atoms with Crippen LogP contribution in [0.2, 0.25) is 0 Å². The molecule has 0 amide bonds. The van der Waals surface area contributed by atoms with E-state index in [1.807, 2.05) is 54.6 Å². The zero-order chi connectivity index (χ0) is 27.2. The number of benzene rings is 3. The Labute approximate surface area is 227 Å². The molecule has 1 aliphatic heterocycles. The number of rotatable bonds is 11. The number of esters is 2. The molecule has 198 valence electrons. The van der Waals surface area contributed by atoms with Gasteiger partial charge in [0.1, 0.15) is 0 Å². The number of thioether (sulfide) groups is 1. The summed E-state index contributed by atoms with van der Waals surface area (Å²) >= 11 is 1.72. The number of aliphatic carboxylic acids is 1. The molecular formula is C31H32O6S. The van der Waals surface area contributed by atoms with Crippen LogP contribution in [-0.4, -0.2) is 35.6 Å². The average Bonchev–Trinajstić information content (AvgIpc) is 2.93. The number of cyclic esters (lactones) is 2. The fourth-order valence-corrected chi connectivity index (χ4v) is 6.63. The average molecular weight is 533 g/mol. The van der Waals surface area contributed by atoms with Gasteiger partial charge in [-0.2, -0.15) is 0 Å². The number of carboxylic acids is 1. The van der Waals surface area contributed by atoms with Crippen LogP contribution in [0.25, 0.3) is 0 Å². The van der Waals surface area contributed by atoms with E-state index in [0.717, 1.165) is 16.7 Å². The minimum absolute atomic E-state index is 0.128. The van der Waals surface area contributed by atoms with Crippen molar-refractivity contribution in [3.05, 3.63) is 108 Å². The topological polar surface area (TPSA) is 89.9 Å². The van der Waals surface area contributed by atoms with E-state index in [-0.39, 0.29) is 12.8 Å². The van der Waals surface area contributed by atoms with E-state index in [4.69, 9.17) is 9.47 Å². The van der Waals surface area contributed by atoms with Gasteiger partial charge in [-0.1, -0.05) is 91.0 Å². The van der Waals surface area contributed by atoms with Crippen molar-refractivity contribution in [3.63, 3.8) is 0 Å². The maximum atomic E-state index is 13.0. The SMILES string of the molecule is CC(C)(CC1(CCCSC(c2ccccc2)(c2ccccc2)c2ccccc2)C(=O)OCOC1=O)C(=O)O. The monoisotopic (exact) mass is 532 g/mol. The van der Waals surface area contributed by atoms with E-state index in [1.54, 1.807) is 11.8 Å². The first-order chi connectivity index (χ1) is 18.2. The Balaban J connectivity index is 1.67. The lowest BCUT2D eigenvalue weighted by atomic mass is 9.70. The molecule has 3 aromatic rings. The second kappa shape index (κ2) is 11.4. The van der Waals surface area contributed by atoms with Crippen LogP contribution >= 0.6 is 11.8 Å². The van der Waals surface area contributed by atoms with Gasteiger partial charge in [0.25, 0.3) is 0 Å². The van der Waals surface area contributed by atoms with Crippen LogP contribution in [-0.2, 0) is 28.6 Å². The van der Waals surface area contributed by atoms with Gasteiger partial charge in [0.15, 0.2) is 5.41 Å². The van der Waals surface area contributed by atoms with E-state index in [1.165, 1.54) is 13.8 Å². The number of ether oxygens (including phenoxy) is 2. The molecule has 0 aromatic heterocycles. The van der Waals surface area contributed by atoms with Crippen molar-refractivity contribution in [1.82, 2.24) is 0 Å². The van der Waals surface area contributed by atoms with Gasteiger partial charge < -0.3 is 14.6 Å². The van der Waals surface area contributed by atoms with Crippen LogP contribution in [0.1, 0.15) is 49.8 Å². The Morgan fingerprint density at radius 2 is 1.24 bits per heavy atom. The molecule has 0 aliphatic carbocycles. The van der Waals surface area contributed by atoms with E-state index in [9.17, 15) is 19.5 Å². The third-order valence-electron chi connectivity index (χ3n) is 7.09. The van der Waals surface area contributed by atoms with Crippen molar-refractivity contribution in [1.29, 1.82) is 0 Å². The fourth-order valence-electron chi connectivity index (χ4n) is 5.13. The van der Waals surface area contributed by atoms with Gasteiger partial charge in [-0.3, -0.25) is 14.4 Å². The normalized spacial score (nSPS) is 15.4. The summed E-state index contributed by atoms with van der Waals surface area (Å²) < 4.78 is 9.69. The molecule has 1 heterocycles. The Kier molecular flexibility index (Phi) is 8.26. The molecule has 7 heteroatoms. The van der Waals surface area contributed by atoms with Gasteiger partial charge in [-0.25, -0.2) is 0 Å². The van der Waals surface area contributed by atoms with Gasteiger partial charge >= 0.3 is 17.9 Å². The molecule has 38 heavy (non-hydrogen) atoms. The van der Waals surface area contributed by atoms with Gasteiger partial charge in [0.05, 0.1) is 10.2 Å². The van der Waals surface area contributed by atoms with Crippen LogP contribution in [0.3, 0.4) is 0 Å². The second-order valence-corrected chi connectivity index (χ2v) is 11.5. The molecule has 1 fully saturated rings. The van der Waals surface area contributed by atoms with Crippen molar-refractivity contribution < 1.29 is 29.0 Å².